The first-order valence-corrected chi connectivity index (χ1v) is 9.77. The second-order valence-electron chi connectivity index (χ2n) is 7.44. The van der Waals surface area contributed by atoms with Crippen LogP contribution in [0.1, 0.15) is 23.4 Å². The van der Waals surface area contributed by atoms with Gasteiger partial charge in [-0.25, -0.2) is 4.98 Å². The highest BCUT2D eigenvalue weighted by atomic mass is 16.2. The second kappa shape index (κ2) is 7.91. The first kappa shape index (κ1) is 18.9. The first-order chi connectivity index (χ1) is 14.1. The fraction of sp³-hybridized carbons (Fsp3) is 0.261. The molecule has 1 aromatic heterocycles. The summed E-state index contributed by atoms with van der Waals surface area (Å²) < 4.78 is 0. The second-order valence-corrected chi connectivity index (χ2v) is 7.44. The molecule has 0 saturated heterocycles. The number of anilines is 1. The molecule has 0 bridgehead atoms. The third-order valence-electron chi connectivity index (χ3n) is 5.54. The number of aromatic amines is 1. The van der Waals surface area contributed by atoms with Crippen molar-refractivity contribution in [3.63, 3.8) is 0 Å². The zero-order valence-corrected chi connectivity index (χ0v) is 16.4. The molecule has 0 unspecified atom stereocenters. The van der Waals surface area contributed by atoms with Crippen molar-refractivity contribution >= 4 is 17.5 Å². The van der Waals surface area contributed by atoms with E-state index in [-0.39, 0.29) is 18.2 Å². The number of fused-ring (bicyclic) bond motifs is 1. The van der Waals surface area contributed by atoms with Crippen LogP contribution >= 0.6 is 0 Å². The number of nitrogens with zero attached hydrogens (tertiary/aromatic N) is 2. The molecule has 1 aliphatic heterocycles. The van der Waals surface area contributed by atoms with E-state index >= 15 is 0 Å². The number of H-pyrrole nitrogens is 1. The Morgan fingerprint density at radius 3 is 2.66 bits per heavy atom. The summed E-state index contributed by atoms with van der Waals surface area (Å²) >= 11 is 0. The molecule has 6 heteroatoms. The van der Waals surface area contributed by atoms with Gasteiger partial charge in [0.25, 0.3) is 0 Å². The Morgan fingerprint density at radius 1 is 1.14 bits per heavy atom. The number of carbonyl (C=O) groups is 2. The zero-order chi connectivity index (χ0) is 20.3. The minimum Gasteiger partial charge on any atom is -0.356 e. The standard InChI is InChI=1S/C23H24N4O2/c1-27-19-10-6-5-9-18(19)23(22(27)29,15-17-7-3-2-4-8-17)16-21(28)26-12-11-20-24-13-14-25-20/h2-10,13-14H,11-12,15-16H2,1H3,(H,24,25)(H,26,28)/t23-/m0/s1. The van der Waals surface area contributed by atoms with Crippen molar-refractivity contribution < 1.29 is 9.59 Å². The molecular weight excluding hydrogens is 364 g/mol. The molecule has 4 rings (SSSR count). The highest BCUT2D eigenvalue weighted by Crippen LogP contribution is 2.45. The summed E-state index contributed by atoms with van der Waals surface area (Å²) in [6.45, 7) is 0.472. The molecule has 2 amide bonds. The maximum Gasteiger partial charge on any atom is 0.238 e. The van der Waals surface area contributed by atoms with E-state index in [1.165, 1.54) is 0 Å². The summed E-state index contributed by atoms with van der Waals surface area (Å²) in [5.41, 5.74) is 1.92. The van der Waals surface area contributed by atoms with Gasteiger partial charge in [0.15, 0.2) is 0 Å². The molecule has 0 radical (unpaired) electrons. The SMILES string of the molecule is CN1C(=O)[C@](CC(=O)NCCc2ncc[nH]2)(Cc2ccccc2)c2ccccc21. The van der Waals surface area contributed by atoms with E-state index in [0.29, 0.717) is 19.4 Å². The first-order valence-electron chi connectivity index (χ1n) is 9.77. The minimum atomic E-state index is -0.901. The maximum absolute atomic E-state index is 13.4. The Hall–Kier alpha value is -3.41. The molecule has 2 N–H and O–H groups in total. The molecular formula is C23H24N4O2. The molecule has 2 aromatic carbocycles. The maximum atomic E-state index is 13.4. The highest BCUT2D eigenvalue weighted by Gasteiger charge is 2.50. The smallest absolute Gasteiger partial charge is 0.238 e. The average molecular weight is 388 g/mol. The number of amides is 2. The quantitative estimate of drug-likeness (QED) is 0.653. The van der Waals surface area contributed by atoms with E-state index in [4.69, 9.17) is 0 Å². The lowest BCUT2D eigenvalue weighted by atomic mass is 9.73. The molecule has 1 aliphatic rings. The molecule has 148 valence electrons. The number of likely N-dealkylation sites (N-methyl/N-ethyl adjacent to an activating group) is 1. The van der Waals surface area contributed by atoms with Gasteiger partial charge in [0.05, 0.1) is 5.41 Å². The van der Waals surface area contributed by atoms with Crippen molar-refractivity contribution in [3.8, 4) is 0 Å². The van der Waals surface area contributed by atoms with Crippen molar-refractivity contribution in [2.75, 3.05) is 18.5 Å². The van der Waals surface area contributed by atoms with Crippen LogP contribution in [0.5, 0.6) is 0 Å². The van der Waals surface area contributed by atoms with Gasteiger partial charge in [0.1, 0.15) is 5.82 Å². The number of carbonyl (C=O) groups excluding carboxylic acids is 2. The van der Waals surface area contributed by atoms with Crippen LogP contribution < -0.4 is 10.2 Å². The van der Waals surface area contributed by atoms with Gasteiger partial charge in [-0.05, 0) is 23.6 Å². The Morgan fingerprint density at radius 2 is 1.90 bits per heavy atom. The number of aromatic nitrogens is 2. The van der Waals surface area contributed by atoms with Crippen molar-refractivity contribution in [1.82, 2.24) is 15.3 Å². The van der Waals surface area contributed by atoms with E-state index < -0.39 is 5.41 Å². The minimum absolute atomic E-state index is 0.0382. The largest absolute Gasteiger partial charge is 0.356 e. The Labute approximate surface area is 170 Å². The van der Waals surface area contributed by atoms with Gasteiger partial charge in [0, 0.05) is 44.5 Å². The summed E-state index contributed by atoms with van der Waals surface area (Å²) in [4.78, 5) is 35.2. The molecule has 2 heterocycles. The Balaban J connectivity index is 1.59. The lowest BCUT2D eigenvalue weighted by Gasteiger charge is -2.28. The third kappa shape index (κ3) is 3.66. The normalized spacial score (nSPS) is 18.0. The summed E-state index contributed by atoms with van der Waals surface area (Å²) in [5.74, 6) is 0.654. The van der Waals surface area contributed by atoms with Gasteiger partial charge in [-0.15, -0.1) is 0 Å². The summed E-state index contributed by atoms with van der Waals surface area (Å²) in [5, 5.41) is 2.95. The fourth-order valence-corrected chi connectivity index (χ4v) is 4.16. The predicted octanol–water partition coefficient (Wildman–Crippen LogP) is 2.62. The van der Waals surface area contributed by atoms with E-state index in [2.05, 4.69) is 15.3 Å². The lowest BCUT2D eigenvalue weighted by Crippen LogP contribution is -2.44. The number of hydrogen-bond donors (Lipinski definition) is 2. The molecule has 0 spiro atoms. The predicted molar refractivity (Wildman–Crippen MR) is 112 cm³/mol. The number of hydrogen-bond acceptors (Lipinski definition) is 3. The van der Waals surface area contributed by atoms with Gasteiger partial charge in [-0.3, -0.25) is 9.59 Å². The molecule has 6 nitrogen and oxygen atoms in total. The third-order valence-corrected chi connectivity index (χ3v) is 5.54. The van der Waals surface area contributed by atoms with Gasteiger partial charge >= 0.3 is 0 Å². The van der Waals surface area contributed by atoms with Crippen LogP contribution in [0.25, 0.3) is 0 Å². The number of rotatable bonds is 7. The fourth-order valence-electron chi connectivity index (χ4n) is 4.16. The van der Waals surface area contributed by atoms with E-state index in [9.17, 15) is 9.59 Å². The van der Waals surface area contributed by atoms with Crippen molar-refractivity contribution in [3.05, 3.63) is 83.9 Å². The number of imidazole rings is 1. The van der Waals surface area contributed by atoms with Crippen LogP contribution in [-0.2, 0) is 27.8 Å². The van der Waals surface area contributed by atoms with E-state index in [1.54, 1.807) is 24.3 Å². The van der Waals surface area contributed by atoms with Crippen LogP contribution in [0.15, 0.2) is 67.0 Å². The Bertz CT molecular complexity index is 1000. The van der Waals surface area contributed by atoms with Crippen molar-refractivity contribution in [2.24, 2.45) is 0 Å². The van der Waals surface area contributed by atoms with E-state index in [0.717, 1.165) is 22.6 Å². The number of benzene rings is 2. The molecule has 29 heavy (non-hydrogen) atoms. The summed E-state index contributed by atoms with van der Waals surface area (Å²) in [7, 11) is 1.78. The van der Waals surface area contributed by atoms with Gasteiger partial charge in [-0.1, -0.05) is 48.5 Å². The van der Waals surface area contributed by atoms with Crippen molar-refractivity contribution in [2.45, 2.75) is 24.7 Å². The molecule has 0 aliphatic carbocycles. The molecule has 0 saturated carbocycles. The topological polar surface area (TPSA) is 78.1 Å². The lowest BCUT2D eigenvalue weighted by molar-refractivity contribution is -0.129. The summed E-state index contributed by atoms with van der Waals surface area (Å²) in [6, 6.07) is 17.6. The van der Waals surface area contributed by atoms with Crippen molar-refractivity contribution in [1.29, 1.82) is 0 Å². The van der Waals surface area contributed by atoms with Gasteiger partial charge < -0.3 is 15.2 Å². The van der Waals surface area contributed by atoms with Crippen LogP contribution in [0, 0.1) is 0 Å². The average Bonchev–Trinajstić information content (AvgIpc) is 3.32. The Kier molecular flexibility index (Phi) is 5.16. The van der Waals surface area contributed by atoms with Crippen LogP contribution in [-0.4, -0.2) is 35.4 Å². The van der Waals surface area contributed by atoms with Crippen LogP contribution in [0.2, 0.25) is 0 Å². The zero-order valence-electron chi connectivity index (χ0n) is 16.4. The van der Waals surface area contributed by atoms with Gasteiger partial charge in [-0.2, -0.15) is 0 Å². The molecule has 1 atom stereocenters. The molecule has 0 fully saturated rings. The van der Waals surface area contributed by atoms with Crippen LogP contribution in [0.3, 0.4) is 0 Å². The van der Waals surface area contributed by atoms with E-state index in [1.807, 2.05) is 54.6 Å². The summed E-state index contributed by atoms with van der Waals surface area (Å²) in [6.07, 6.45) is 4.67. The number of para-hydroxylation sites is 1. The number of nitrogens with one attached hydrogen (secondary N) is 2. The highest BCUT2D eigenvalue weighted by molar-refractivity contribution is 6.09. The van der Waals surface area contributed by atoms with Crippen LogP contribution in [0.4, 0.5) is 5.69 Å². The monoisotopic (exact) mass is 388 g/mol. The van der Waals surface area contributed by atoms with Gasteiger partial charge in [0.2, 0.25) is 11.8 Å². The molecule has 3 aromatic rings.